The maximum absolute atomic E-state index is 4.56. The molecule has 3 heteroatoms. The second kappa shape index (κ2) is 13.9. The van der Waals surface area contributed by atoms with Gasteiger partial charge >= 0.3 is 0 Å². The molecular weight excluding hydrogens is 402 g/mol. The van der Waals surface area contributed by atoms with Crippen LogP contribution in [-0.4, -0.2) is 19.3 Å². The minimum absolute atomic E-state index is 0.0356. The van der Waals surface area contributed by atoms with E-state index < -0.39 is 0 Å². The molecule has 0 aliphatic carbocycles. The monoisotopic (exact) mass is 449 g/mol. The molecule has 2 N–H and O–H groups in total. The molecule has 1 aromatic rings. The van der Waals surface area contributed by atoms with Gasteiger partial charge in [0.2, 0.25) is 0 Å². The van der Waals surface area contributed by atoms with E-state index >= 15 is 0 Å². The van der Waals surface area contributed by atoms with E-state index in [9.17, 15) is 0 Å². The zero-order chi connectivity index (χ0) is 25.0. The zero-order valence-corrected chi connectivity index (χ0v) is 22.3. The van der Waals surface area contributed by atoms with E-state index in [-0.39, 0.29) is 5.41 Å². The van der Waals surface area contributed by atoms with Crippen LogP contribution in [0.1, 0.15) is 85.3 Å². The van der Waals surface area contributed by atoms with Crippen molar-refractivity contribution < 1.29 is 0 Å². The summed E-state index contributed by atoms with van der Waals surface area (Å²) in [7, 11) is 0. The SMILES string of the molecule is C=C(C)c1cc(NC[C@@H](CC)CCCC)cc(C(=C)NCC(/C=N\C(=C)C(C)(C)C)=C/C)c1. The highest BCUT2D eigenvalue weighted by Crippen LogP contribution is 2.25. The summed E-state index contributed by atoms with van der Waals surface area (Å²) >= 11 is 0. The second-order valence-corrected chi connectivity index (χ2v) is 10.0. The summed E-state index contributed by atoms with van der Waals surface area (Å²) in [6.07, 6.45) is 8.98. The number of hydrogen-bond donors (Lipinski definition) is 2. The molecule has 0 amide bonds. The van der Waals surface area contributed by atoms with Crippen LogP contribution in [0.5, 0.6) is 0 Å². The number of nitrogens with zero attached hydrogens (tertiary/aromatic N) is 1. The van der Waals surface area contributed by atoms with E-state index in [2.05, 4.69) is 94.3 Å². The van der Waals surface area contributed by atoms with Crippen molar-refractivity contribution in [2.75, 3.05) is 18.4 Å². The first-order valence-electron chi connectivity index (χ1n) is 12.4. The van der Waals surface area contributed by atoms with E-state index in [0.717, 1.165) is 45.9 Å². The minimum atomic E-state index is -0.0356. The van der Waals surface area contributed by atoms with Crippen molar-refractivity contribution in [1.29, 1.82) is 0 Å². The van der Waals surface area contributed by atoms with Gasteiger partial charge in [0.1, 0.15) is 0 Å². The van der Waals surface area contributed by atoms with Gasteiger partial charge in [-0.05, 0) is 61.1 Å². The Morgan fingerprint density at radius 2 is 1.76 bits per heavy atom. The summed E-state index contributed by atoms with van der Waals surface area (Å²) in [5.74, 6) is 0.697. The Labute approximate surface area is 203 Å². The Bertz CT molecular complexity index is 865. The lowest BCUT2D eigenvalue weighted by Crippen LogP contribution is -2.17. The van der Waals surface area contributed by atoms with Crippen molar-refractivity contribution in [1.82, 2.24) is 5.32 Å². The third kappa shape index (κ3) is 10.3. The van der Waals surface area contributed by atoms with Gasteiger partial charge in [-0.1, -0.05) is 85.3 Å². The van der Waals surface area contributed by atoms with Crippen LogP contribution in [0.15, 0.2) is 60.3 Å². The van der Waals surface area contributed by atoms with Crippen LogP contribution in [0, 0.1) is 11.3 Å². The number of aliphatic imine (C=N–C) groups is 1. The van der Waals surface area contributed by atoms with Gasteiger partial charge in [0.15, 0.2) is 0 Å². The Balaban J connectivity index is 2.91. The van der Waals surface area contributed by atoms with Crippen LogP contribution in [0.3, 0.4) is 0 Å². The first kappa shape index (κ1) is 28.5. The van der Waals surface area contributed by atoms with E-state index in [1.54, 1.807) is 0 Å². The molecule has 182 valence electrons. The summed E-state index contributed by atoms with van der Waals surface area (Å²) < 4.78 is 0. The number of benzene rings is 1. The first-order chi connectivity index (χ1) is 15.5. The standard InChI is InChI=1S/C30H47N3/c1-11-14-15-25(12-2)19-33-29-17-27(22(4)5)16-28(18-29)23(6)31-20-26(13-3)21-32-24(7)30(8,9)10/h13,16-18,21,25,31,33H,4,6-7,11-12,14-15,19-20H2,1-3,5,8-10H3/b26-13-,32-21-/t25-/m0/s1. The molecule has 0 fully saturated rings. The molecule has 1 atom stereocenters. The molecule has 0 bridgehead atoms. The molecule has 0 saturated heterocycles. The topological polar surface area (TPSA) is 36.4 Å². The molecular formula is C30H47N3. The largest absolute Gasteiger partial charge is 0.385 e. The molecule has 0 aliphatic heterocycles. The predicted molar refractivity (Wildman–Crippen MR) is 151 cm³/mol. The van der Waals surface area contributed by atoms with Gasteiger partial charge in [-0.3, -0.25) is 4.99 Å². The lowest BCUT2D eigenvalue weighted by atomic mass is 9.93. The fourth-order valence-corrected chi connectivity index (χ4v) is 3.24. The summed E-state index contributed by atoms with van der Waals surface area (Å²) in [5.41, 5.74) is 7.20. The fraction of sp³-hybridized carbons (Fsp3) is 0.500. The Morgan fingerprint density at radius 3 is 2.30 bits per heavy atom. The van der Waals surface area contributed by atoms with Crippen molar-refractivity contribution in [2.45, 2.75) is 74.1 Å². The molecule has 0 aliphatic rings. The quantitative estimate of drug-likeness (QED) is 0.279. The van der Waals surface area contributed by atoms with Crippen molar-refractivity contribution in [3.63, 3.8) is 0 Å². The average Bonchev–Trinajstić information content (AvgIpc) is 2.77. The Morgan fingerprint density at radius 1 is 1.09 bits per heavy atom. The maximum atomic E-state index is 4.56. The summed E-state index contributed by atoms with van der Waals surface area (Å²) in [6.45, 7) is 29.2. The lowest BCUT2D eigenvalue weighted by molar-refractivity contribution is 0.473. The normalized spacial score (nSPS) is 13.1. The van der Waals surface area contributed by atoms with Crippen LogP contribution >= 0.6 is 0 Å². The predicted octanol–water partition coefficient (Wildman–Crippen LogP) is 8.49. The highest BCUT2D eigenvalue weighted by Gasteiger charge is 2.13. The van der Waals surface area contributed by atoms with Crippen molar-refractivity contribution >= 4 is 23.2 Å². The number of allylic oxidation sites excluding steroid dienone is 3. The molecule has 3 nitrogen and oxygen atoms in total. The molecule has 0 spiro atoms. The highest BCUT2D eigenvalue weighted by molar-refractivity contribution is 5.81. The van der Waals surface area contributed by atoms with E-state index in [1.807, 2.05) is 20.1 Å². The molecule has 1 aromatic carbocycles. The van der Waals surface area contributed by atoms with Crippen molar-refractivity contribution in [3.8, 4) is 0 Å². The van der Waals surface area contributed by atoms with E-state index in [4.69, 9.17) is 0 Å². The lowest BCUT2D eigenvalue weighted by Gasteiger charge is -2.19. The number of nitrogens with one attached hydrogen (secondary N) is 2. The van der Waals surface area contributed by atoms with Gasteiger partial charge in [0, 0.05) is 41.8 Å². The maximum Gasteiger partial charge on any atom is 0.0412 e. The number of hydrogen-bond acceptors (Lipinski definition) is 3. The third-order valence-corrected chi connectivity index (χ3v) is 6.04. The molecule has 0 heterocycles. The summed E-state index contributed by atoms with van der Waals surface area (Å²) in [4.78, 5) is 4.56. The van der Waals surface area contributed by atoms with Crippen LogP contribution < -0.4 is 10.6 Å². The average molecular weight is 450 g/mol. The van der Waals surface area contributed by atoms with Gasteiger partial charge in [-0.25, -0.2) is 0 Å². The van der Waals surface area contributed by atoms with Gasteiger partial charge in [-0.15, -0.1) is 0 Å². The van der Waals surface area contributed by atoms with Crippen molar-refractivity contribution in [2.24, 2.45) is 16.3 Å². The van der Waals surface area contributed by atoms with Crippen LogP contribution in [0.2, 0.25) is 0 Å². The zero-order valence-electron chi connectivity index (χ0n) is 22.3. The van der Waals surface area contributed by atoms with Gasteiger partial charge in [-0.2, -0.15) is 0 Å². The van der Waals surface area contributed by atoms with Gasteiger partial charge in [0.05, 0.1) is 0 Å². The molecule has 0 saturated carbocycles. The summed E-state index contributed by atoms with van der Waals surface area (Å²) in [5, 5.41) is 7.13. The number of unbranched alkanes of at least 4 members (excludes halogenated alkanes) is 1. The highest BCUT2D eigenvalue weighted by atomic mass is 14.9. The Hall–Kier alpha value is -2.55. The van der Waals surface area contributed by atoms with Crippen LogP contribution in [0.25, 0.3) is 11.3 Å². The van der Waals surface area contributed by atoms with Gasteiger partial charge < -0.3 is 10.6 Å². The first-order valence-corrected chi connectivity index (χ1v) is 12.4. The van der Waals surface area contributed by atoms with Crippen LogP contribution in [-0.2, 0) is 0 Å². The third-order valence-electron chi connectivity index (χ3n) is 6.04. The molecule has 0 radical (unpaired) electrons. The molecule has 33 heavy (non-hydrogen) atoms. The Kier molecular flexibility index (Phi) is 12.0. The van der Waals surface area contributed by atoms with E-state index in [0.29, 0.717) is 12.5 Å². The van der Waals surface area contributed by atoms with E-state index in [1.165, 1.54) is 25.7 Å². The number of rotatable bonds is 14. The fourth-order valence-electron chi connectivity index (χ4n) is 3.24. The smallest absolute Gasteiger partial charge is 0.0412 e. The van der Waals surface area contributed by atoms with Crippen LogP contribution in [0.4, 0.5) is 5.69 Å². The van der Waals surface area contributed by atoms with Gasteiger partial charge in [0.25, 0.3) is 0 Å². The van der Waals surface area contributed by atoms with Crippen molar-refractivity contribution in [3.05, 3.63) is 66.4 Å². The molecule has 0 unspecified atom stereocenters. The summed E-state index contributed by atoms with van der Waals surface area (Å²) in [6, 6.07) is 6.52. The minimum Gasteiger partial charge on any atom is -0.385 e. The molecule has 0 aromatic heterocycles. The second-order valence-electron chi connectivity index (χ2n) is 10.0. The number of anilines is 1. The molecule has 1 rings (SSSR count).